The van der Waals surface area contributed by atoms with Gasteiger partial charge in [0.25, 0.3) is 0 Å². The molecule has 2 aliphatic rings. The molecule has 0 amide bonds. The van der Waals surface area contributed by atoms with E-state index in [0.29, 0.717) is 0 Å². The fraction of sp³-hybridized carbons (Fsp3) is 1.00. The molecule has 2 rings (SSSR count). The van der Waals surface area contributed by atoms with Gasteiger partial charge in [-0.1, -0.05) is 0 Å². The maximum absolute atomic E-state index is 5.62. The van der Waals surface area contributed by atoms with Crippen LogP contribution in [-0.4, -0.2) is 85.9 Å². The average Bonchev–Trinajstić information content (AvgIpc) is 2.93. The first-order chi connectivity index (χ1) is 9.26. The van der Waals surface area contributed by atoms with E-state index in [9.17, 15) is 0 Å². The lowest BCUT2D eigenvalue weighted by molar-refractivity contribution is 0.161. The number of halogens is 2. The summed E-state index contributed by atoms with van der Waals surface area (Å²) in [6.07, 6.45) is 3.94. The van der Waals surface area contributed by atoms with Gasteiger partial charge in [-0.05, 0) is 45.9 Å². The molecule has 0 spiro atoms. The number of nitrogens with zero attached hydrogens (tertiary/aromatic N) is 3. The molecule has 2 heterocycles. The van der Waals surface area contributed by atoms with Gasteiger partial charge in [-0.15, -0.1) is 23.2 Å². The topological polar surface area (TPSA) is 9.72 Å². The summed E-state index contributed by atoms with van der Waals surface area (Å²) in [5, 5.41) is 0. The number of piperazine rings is 1. The van der Waals surface area contributed by atoms with Crippen molar-refractivity contribution in [2.45, 2.75) is 19.3 Å². The molecule has 0 aromatic rings. The molecule has 2 saturated heterocycles. The Morgan fingerprint density at radius 2 is 1.32 bits per heavy atom. The van der Waals surface area contributed by atoms with Crippen molar-refractivity contribution < 1.29 is 0 Å². The summed E-state index contributed by atoms with van der Waals surface area (Å²) in [4.78, 5) is 7.25. The fourth-order valence-corrected chi connectivity index (χ4v) is 2.84. The van der Waals surface area contributed by atoms with Crippen LogP contribution < -0.4 is 0 Å². The third-order valence-corrected chi connectivity index (χ3v) is 4.24. The standard InChI is InChI=1S/C7H15ClN2.C7H14ClN/c1-9-4-6-10(3-2-8)7-5-9;8-4-3-7-9-5-1-2-6-9/h2-7H2,1H3;1-7H2. The predicted molar refractivity (Wildman–Crippen MR) is 85.7 cm³/mol. The van der Waals surface area contributed by atoms with Crippen LogP contribution in [0.25, 0.3) is 0 Å². The smallest absolute Gasteiger partial charge is 0.0351 e. The van der Waals surface area contributed by atoms with Gasteiger partial charge in [0.15, 0.2) is 0 Å². The summed E-state index contributed by atoms with van der Waals surface area (Å²) < 4.78 is 0. The van der Waals surface area contributed by atoms with Gasteiger partial charge in [-0.25, -0.2) is 0 Å². The molecule has 0 aliphatic carbocycles. The molecule has 2 fully saturated rings. The lowest BCUT2D eigenvalue weighted by atomic mass is 10.3. The molecule has 0 unspecified atom stereocenters. The lowest BCUT2D eigenvalue weighted by Gasteiger charge is -2.31. The molecule has 0 radical (unpaired) electrons. The van der Waals surface area contributed by atoms with Crippen molar-refractivity contribution in [3.63, 3.8) is 0 Å². The quantitative estimate of drug-likeness (QED) is 0.721. The van der Waals surface area contributed by atoms with Crippen LogP contribution in [0.5, 0.6) is 0 Å². The van der Waals surface area contributed by atoms with Crippen LogP contribution in [-0.2, 0) is 0 Å². The molecular formula is C14H29Cl2N3. The Morgan fingerprint density at radius 1 is 0.737 bits per heavy atom. The molecule has 0 bridgehead atoms. The maximum atomic E-state index is 5.62. The van der Waals surface area contributed by atoms with Crippen LogP contribution in [0.4, 0.5) is 0 Å². The van der Waals surface area contributed by atoms with E-state index in [1.807, 2.05) is 0 Å². The minimum Gasteiger partial charge on any atom is -0.304 e. The third kappa shape index (κ3) is 8.36. The average molecular weight is 310 g/mol. The highest BCUT2D eigenvalue weighted by Crippen LogP contribution is 2.07. The summed E-state index contributed by atoms with van der Waals surface area (Å²) >= 11 is 11.2. The minimum atomic E-state index is 0.768. The molecule has 0 saturated carbocycles. The maximum Gasteiger partial charge on any atom is 0.0351 e. The first-order valence-electron chi connectivity index (χ1n) is 7.51. The highest BCUT2D eigenvalue weighted by atomic mass is 35.5. The monoisotopic (exact) mass is 309 g/mol. The summed E-state index contributed by atoms with van der Waals surface area (Å²) in [5.41, 5.74) is 0. The molecule has 3 nitrogen and oxygen atoms in total. The molecule has 5 heteroatoms. The molecular weight excluding hydrogens is 281 g/mol. The van der Waals surface area contributed by atoms with E-state index in [-0.39, 0.29) is 0 Å². The Kier molecular flexibility index (Phi) is 10.3. The van der Waals surface area contributed by atoms with Crippen molar-refractivity contribution >= 4 is 23.2 Å². The van der Waals surface area contributed by atoms with E-state index >= 15 is 0 Å². The first kappa shape index (κ1) is 17.5. The van der Waals surface area contributed by atoms with E-state index in [1.165, 1.54) is 58.7 Å². The SMILES string of the molecule is CN1CCN(CCCl)CC1.ClCCCN1CCCC1. The predicted octanol–water partition coefficient (Wildman–Crippen LogP) is 2.18. The van der Waals surface area contributed by atoms with Gasteiger partial charge in [0.2, 0.25) is 0 Å². The van der Waals surface area contributed by atoms with E-state index in [0.717, 1.165) is 24.7 Å². The molecule has 2 aliphatic heterocycles. The van der Waals surface area contributed by atoms with Crippen LogP contribution in [0, 0.1) is 0 Å². The number of hydrogen-bond donors (Lipinski definition) is 0. The number of likely N-dealkylation sites (tertiary alicyclic amines) is 1. The fourth-order valence-electron chi connectivity index (χ4n) is 2.48. The summed E-state index contributed by atoms with van der Waals surface area (Å²) in [6.45, 7) is 9.62. The van der Waals surface area contributed by atoms with Crippen molar-refractivity contribution in [1.82, 2.24) is 14.7 Å². The van der Waals surface area contributed by atoms with Gasteiger partial charge in [0.05, 0.1) is 0 Å². The molecule has 0 aromatic heterocycles. The van der Waals surface area contributed by atoms with Crippen molar-refractivity contribution in [3.05, 3.63) is 0 Å². The van der Waals surface area contributed by atoms with Crippen molar-refractivity contribution in [1.29, 1.82) is 0 Å². The van der Waals surface area contributed by atoms with Gasteiger partial charge in [-0.2, -0.15) is 0 Å². The molecule has 0 N–H and O–H groups in total. The Hall–Kier alpha value is 0.460. The van der Waals surface area contributed by atoms with Crippen LogP contribution >= 0.6 is 23.2 Å². The molecule has 0 atom stereocenters. The summed E-state index contributed by atoms with van der Waals surface area (Å²) in [5.74, 6) is 1.58. The Labute approximate surface area is 128 Å². The third-order valence-electron chi connectivity index (χ3n) is 3.80. The molecule has 0 aromatic carbocycles. The second kappa shape index (κ2) is 11.2. The van der Waals surface area contributed by atoms with Crippen LogP contribution in [0.15, 0.2) is 0 Å². The summed E-state index contributed by atoms with van der Waals surface area (Å²) in [7, 11) is 2.16. The van der Waals surface area contributed by atoms with Crippen LogP contribution in [0.3, 0.4) is 0 Å². The van der Waals surface area contributed by atoms with Gasteiger partial charge in [0.1, 0.15) is 0 Å². The highest BCUT2D eigenvalue weighted by molar-refractivity contribution is 6.18. The van der Waals surface area contributed by atoms with E-state index < -0.39 is 0 Å². The van der Waals surface area contributed by atoms with Crippen molar-refractivity contribution in [3.8, 4) is 0 Å². The van der Waals surface area contributed by atoms with E-state index in [2.05, 4.69) is 21.7 Å². The van der Waals surface area contributed by atoms with Crippen molar-refractivity contribution in [2.75, 3.05) is 71.2 Å². The van der Waals surface area contributed by atoms with Crippen LogP contribution in [0.1, 0.15) is 19.3 Å². The van der Waals surface area contributed by atoms with Gasteiger partial charge >= 0.3 is 0 Å². The zero-order chi connectivity index (χ0) is 13.9. The first-order valence-corrected chi connectivity index (χ1v) is 8.58. The van der Waals surface area contributed by atoms with Gasteiger partial charge in [-0.3, -0.25) is 4.90 Å². The second-order valence-electron chi connectivity index (χ2n) is 5.43. The largest absolute Gasteiger partial charge is 0.304 e. The zero-order valence-electron chi connectivity index (χ0n) is 12.3. The molecule has 114 valence electrons. The Bertz CT molecular complexity index is 203. The second-order valence-corrected chi connectivity index (χ2v) is 6.18. The number of alkyl halides is 2. The van der Waals surface area contributed by atoms with E-state index in [4.69, 9.17) is 23.2 Å². The number of rotatable bonds is 5. The number of hydrogen-bond acceptors (Lipinski definition) is 3. The Morgan fingerprint density at radius 3 is 1.84 bits per heavy atom. The minimum absolute atomic E-state index is 0.768. The van der Waals surface area contributed by atoms with Crippen LogP contribution in [0.2, 0.25) is 0 Å². The zero-order valence-corrected chi connectivity index (χ0v) is 13.8. The summed E-state index contributed by atoms with van der Waals surface area (Å²) in [6, 6.07) is 0. The van der Waals surface area contributed by atoms with E-state index in [1.54, 1.807) is 0 Å². The molecule has 19 heavy (non-hydrogen) atoms. The van der Waals surface area contributed by atoms with Crippen molar-refractivity contribution in [2.24, 2.45) is 0 Å². The van der Waals surface area contributed by atoms with Gasteiger partial charge < -0.3 is 9.80 Å². The lowest BCUT2D eigenvalue weighted by Crippen LogP contribution is -2.44. The number of likely N-dealkylation sites (N-methyl/N-ethyl adjacent to an activating group) is 1. The van der Waals surface area contributed by atoms with Gasteiger partial charge in [0, 0.05) is 44.5 Å². The normalized spacial score (nSPS) is 22.3. The Balaban J connectivity index is 0.000000191. The highest BCUT2D eigenvalue weighted by Gasteiger charge is 2.11.